The minimum absolute atomic E-state index is 0.303. The topological polar surface area (TPSA) is 112 Å². The smallest absolute Gasteiger partial charge is 0.327 e. The van der Waals surface area contributed by atoms with Gasteiger partial charge in [0.15, 0.2) is 0 Å². The molecule has 1 atom stereocenters. The molecular weight excluding hydrogens is 406 g/mol. The van der Waals surface area contributed by atoms with E-state index < -0.39 is 11.2 Å². The van der Waals surface area contributed by atoms with Crippen molar-refractivity contribution in [2.24, 2.45) is 0 Å². The molecule has 0 saturated carbocycles. The average Bonchev–Trinajstić information content (AvgIpc) is 3.40. The van der Waals surface area contributed by atoms with Gasteiger partial charge in [-0.2, -0.15) is 5.10 Å². The zero-order valence-corrected chi connectivity index (χ0v) is 17.4. The third-order valence-corrected chi connectivity index (χ3v) is 5.55. The second-order valence-electron chi connectivity index (χ2n) is 7.79. The Balaban J connectivity index is 1.39. The lowest BCUT2D eigenvalue weighted by molar-refractivity contribution is 0.661. The molecule has 0 bridgehead atoms. The van der Waals surface area contributed by atoms with Gasteiger partial charge in [-0.15, -0.1) is 0 Å². The van der Waals surface area contributed by atoms with Gasteiger partial charge >= 0.3 is 5.69 Å². The number of pyridine rings is 1. The zero-order chi connectivity index (χ0) is 21.9. The van der Waals surface area contributed by atoms with E-state index in [1.54, 1.807) is 12.4 Å². The summed E-state index contributed by atoms with van der Waals surface area (Å²) in [5.41, 5.74) is 2.63. The number of rotatable bonds is 7. The Bertz CT molecular complexity index is 1310. The number of aromatic nitrogens is 5. The van der Waals surface area contributed by atoms with Crippen molar-refractivity contribution in [3.05, 3.63) is 105 Å². The lowest BCUT2D eigenvalue weighted by atomic mass is 10.1. The monoisotopic (exact) mass is 429 g/mol. The summed E-state index contributed by atoms with van der Waals surface area (Å²) in [4.78, 5) is 35.6. The molecule has 0 amide bonds. The highest BCUT2D eigenvalue weighted by atomic mass is 16.2. The highest BCUT2D eigenvalue weighted by molar-refractivity contribution is 5.71. The molecule has 9 nitrogen and oxygen atoms in total. The van der Waals surface area contributed by atoms with Crippen LogP contribution in [0.25, 0.3) is 0 Å². The molecule has 4 heterocycles. The molecule has 5 rings (SSSR count). The summed E-state index contributed by atoms with van der Waals surface area (Å²) in [6, 6.07) is 14.1. The number of benzene rings is 1. The van der Waals surface area contributed by atoms with Crippen LogP contribution in [-0.4, -0.2) is 31.3 Å². The molecule has 3 N–H and O–H groups in total. The molecule has 0 radical (unpaired) electrons. The van der Waals surface area contributed by atoms with E-state index in [0.29, 0.717) is 24.6 Å². The van der Waals surface area contributed by atoms with Crippen LogP contribution in [0.15, 0.2) is 76.8 Å². The predicted octanol–water partition coefficient (Wildman–Crippen LogP) is 2.27. The summed E-state index contributed by atoms with van der Waals surface area (Å²) in [5.74, 6) is 0.505. The van der Waals surface area contributed by atoms with Gasteiger partial charge in [0.1, 0.15) is 17.7 Å². The largest absolute Gasteiger partial charge is 0.354 e. The first-order valence-corrected chi connectivity index (χ1v) is 10.5. The maximum absolute atomic E-state index is 12.4. The molecule has 1 aromatic carbocycles. The molecule has 0 saturated heterocycles. The third-order valence-electron chi connectivity index (χ3n) is 5.55. The first-order valence-electron chi connectivity index (χ1n) is 10.5. The molecule has 1 aliphatic heterocycles. The summed E-state index contributed by atoms with van der Waals surface area (Å²) in [6.07, 6.45) is 8.74. The van der Waals surface area contributed by atoms with E-state index in [9.17, 15) is 9.59 Å². The van der Waals surface area contributed by atoms with Gasteiger partial charge in [-0.1, -0.05) is 36.4 Å². The molecule has 32 heavy (non-hydrogen) atoms. The fraction of sp³-hybridized carbons (Fsp3) is 0.217. The van der Waals surface area contributed by atoms with E-state index >= 15 is 0 Å². The number of hydrogen-bond acceptors (Lipinski definition) is 6. The maximum Gasteiger partial charge on any atom is 0.327 e. The van der Waals surface area contributed by atoms with Crippen LogP contribution in [-0.2, 0) is 13.0 Å². The molecule has 162 valence electrons. The Morgan fingerprint density at radius 3 is 2.62 bits per heavy atom. The Kier molecular flexibility index (Phi) is 5.29. The van der Waals surface area contributed by atoms with Crippen LogP contribution in [0.1, 0.15) is 29.3 Å². The van der Waals surface area contributed by atoms with Crippen molar-refractivity contribution in [2.45, 2.75) is 25.6 Å². The summed E-state index contributed by atoms with van der Waals surface area (Å²) >= 11 is 0. The van der Waals surface area contributed by atoms with Crippen molar-refractivity contribution < 1.29 is 0 Å². The number of aryl methyl sites for hydroxylation is 1. The third kappa shape index (κ3) is 4.04. The van der Waals surface area contributed by atoms with Gasteiger partial charge in [0.05, 0.1) is 12.7 Å². The normalized spacial score (nSPS) is 14.9. The highest BCUT2D eigenvalue weighted by Crippen LogP contribution is 2.36. The van der Waals surface area contributed by atoms with E-state index in [0.717, 1.165) is 29.5 Å². The Labute approximate surface area is 183 Å². The van der Waals surface area contributed by atoms with Crippen molar-refractivity contribution >= 4 is 11.5 Å². The Morgan fingerprint density at radius 1 is 0.969 bits per heavy atom. The number of aromatic amines is 2. The molecule has 1 aliphatic rings. The number of H-pyrrole nitrogens is 2. The van der Waals surface area contributed by atoms with E-state index in [2.05, 4.69) is 37.5 Å². The first-order chi connectivity index (χ1) is 15.7. The number of nitrogens with one attached hydrogen (secondary N) is 3. The van der Waals surface area contributed by atoms with Crippen LogP contribution in [0.3, 0.4) is 0 Å². The molecule has 0 spiro atoms. The summed E-state index contributed by atoms with van der Waals surface area (Å²) in [6.45, 7) is 1.29. The lowest BCUT2D eigenvalue weighted by Crippen LogP contribution is -2.30. The van der Waals surface area contributed by atoms with Crippen LogP contribution in [0, 0.1) is 0 Å². The SMILES string of the molecule is O=c1[nH]c2c(c(=O)[nH]1)NC(c1cnn(Cc3ccccc3)c1)N2CCCc1cccnc1. The van der Waals surface area contributed by atoms with Gasteiger partial charge in [0.2, 0.25) is 0 Å². The molecule has 0 aliphatic carbocycles. The first kappa shape index (κ1) is 19.8. The lowest BCUT2D eigenvalue weighted by Gasteiger charge is -2.25. The summed E-state index contributed by atoms with van der Waals surface area (Å²) < 4.78 is 1.87. The number of fused-ring (bicyclic) bond motifs is 1. The van der Waals surface area contributed by atoms with Crippen LogP contribution < -0.4 is 21.5 Å². The molecule has 1 unspecified atom stereocenters. The van der Waals surface area contributed by atoms with Gasteiger partial charge in [0.25, 0.3) is 5.56 Å². The predicted molar refractivity (Wildman–Crippen MR) is 122 cm³/mol. The van der Waals surface area contributed by atoms with Crippen molar-refractivity contribution in [3.8, 4) is 0 Å². The second-order valence-corrected chi connectivity index (χ2v) is 7.79. The Morgan fingerprint density at radius 2 is 1.81 bits per heavy atom. The van der Waals surface area contributed by atoms with Crippen LogP contribution in [0.5, 0.6) is 0 Å². The van der Waals surface area contributed by atoms with Crippen LogP contribution >= 0.6 is 0 Å². The van der Waals surface area contributed by atoms with Crippen LogP contribution in [0.2, 0.25) is 0 Å². The maximum atomic E-state index is 12.4. The van der Waals surface area contributed by atoms with Gasteiger partial charge in [-0.25, -0.2) is 4.79 Å². The standard InChI is InChI=1S/C23H23N7O2/c31-22-19-21(27-23(32)28-22)30(11-5-9-16-8-4-10-24-12-16)20(26-19)18-13-25-29(15-18)14-17-6-2-1-3-7-17/h1-4,6-8,10,12-13,15,20,26H,5,9,11,14H2,(H2,27,28,31,32). The molecular formula is C23H23N7O2. The highest BCUT2D eigenvalue weighted by Gasteiger charge is 2.33. The summed E-state index contributed by atoms with van der Waals surface area (Å²) in [5, 5.41) is 7.77. The Hall–Kier alpha value is -4.14. The van der Waals surface area contributed by atoms with Crippen molar-refractivity contribution in [1.82, 2.24) is 24.7 Å². The van der Waals surface area contributed by atoms with Crippen molar-refractivity contribution in [3.63, 3.8) is 0 Å². The van der Waals surface area contributed by atoms with Gasteiger partial charge in [-0.3, -0.25) is 24.4 Å². The van der Waals surface area contributed by atoms with E-state index in [1.807, 2.05) is 52.3 Å². The quantitative estimate of drug-likeness (QED) is 0.416. The van der Waals surface area contributed by atoms with Crippen molar-refractivity contribution in [1.29, 1.82) is 0 Å². The minimum atomic E-state index is -0.520. The van der Waals surface area contributed by atoms with Gasteiger partial charge < -0.3 is 10.2 Å². The summed E-state index contributed by atoms with van der Waals surface area (Å²) in [7, 11) is 0. The molecule has 0 fully saturated rings. The number of nitrogens with zero attached hydrogens (tertiary/aromatic N) is 4. The number of anilines is 2. The van der Waals surface area contributed by atoms with Crippen molar-refractivity contribution in [2.75, 3.05) is 16.8 Å². The molecule has 9 heteroatoms. The van der Waals surface area contributed by atoms with Crippen LogP contribution in [0.4, 0.5) is 11.5 Å². The van der Waals surface area contributed by atoms with E-state index in [4.69, 9.17) is 0 Å². The fourth-order valence-corrected chi connectivity index (χ4v) is 4.05. The molecule has 3 aromatic heterocycles. The van der Waals surface area contributed by atoms with E-state index in [-0.39, 0.29) is 6.17 Å². The zero-order valence-electron chi connectivity index (χ0n) is 17.4. The average molecular weight is 429 g/mol. The fourth-order valence-electron chi connectivity index (χ4n) is 4.05. The second kappa shape index (κ2) is 8.54. The number of hydrogen-bond donors (Lipinski definition) is 3. The molecule has 4 aromatic rings. The van der Waals surface area contributed by atoms with Gasteiger partial charge in [0, 0.05) is 30.7 Å². The van der Waals surface area contributed by atoms with E-state index in [1.165, 1.54) is 0 Å². The minimum Gasteiger partial charge on any atom is -0.354 e. The van der Waals surface area contributed by atoms with Gasteiger partial charge in [-0.05, 0) is 30.0 Å².